The summed E-state index contributed by atoms with van der Waals surface area (Å²) in [5.41, 5.74) is 9.79. The molecule has 0 spiro atoms. The number of piperazine rings is 1. The van der Waals surface area contributed by atoms with Gasteiger partial charge in [0.1, 0.15) is 17.3 Å². The normalized spacial score (nSPS) is 16.3. The number of rotatable bonds is 12. The van der Waals surface area contributed by atoms with Crippen LogP contribution in [0.15, 0.2) is 109 Å². The molecule has 3 amide bonds. The number of hydrogen-bond acceptors (Lipinski definition) is 12. The number of carbonyl (C=O) groups excluding carboxylic acids is 3. The number of amides is 3. The van der Waals surface area contributed by atoms with E-state index in [1.807, 2.05) is 104 Å². The molecule has 6 heterocycles. The molecule has 5 aromatic carbocycles. The Hall–Kier alpha value is -7.95. The topological polar surface area (TPSA) is 175 Å². The van der Waals surface area contributed by atoms with Gasteiger partial charge >= 0.3 is 5.97 Å². The molecule has 0 radical (unpaired) electrons. The number of carboxylic acids is 1. The van der Waals surface area contributed by atoms with Gasteiger partial charge in [0.05, 0.1) is 33.0 Å². The number of benzene rings is 5. The predicted molar refractivity (Wildman–Crippen MR) is 294 cm³/mol. The molecule has 3 aliphatic heterocycles. The minimum atomic E-state index is -1.13. The summed E-state index contributed by atoms with van der Waals surface area (Å²) in [6.45, 7) is 13.6. The first-order valence-electron chi connectivity index (χ1n) is 25.6. The summed E-state index contributed by atoms with van der Waals surface area (Å²) in [4.78, 5) is 68.3. The van der Waals surface area contributed by atoms with Crippen molar-refractivity contribution >= 4 is 72.8 Å². The lowest BCUT2D eigenvalue weighted by molar-refractivity contribution is -0.134. The molecule has 15 nitrogen and oxygen atoms in total. The van der Waals surface area contributed by atoms with Gasteiger partial charge in [0.15, 0.2) is 10.8 Å². The zero-order valence-electron chi connectivity index (χ0n) is 42.8. The van der Waals surface area contributed by atoms with Crippen molar-refractivity contribution in [3.63, 3.8) is 0 Å². The number of fused-ring (bicyclic) bond motifs is 3. The summed E-state index contributed by atoms with van der Waals surface area (Å²) >= 11 is 1.43. The lowest BCUT2D eigenvalue weighted by atomic mass is 9.80. The summed E-state index contributed by atoms with van der Waals surface area (Å²) in [7, 11) is 1.92. The third-order valence-electron chi connectivity index (χ3n) is 14.9. The van der Waals surface area contributed by atoms with Crippen molar-refractivity contribution in [1.29, 1.82) is 0 Å². The summed E-state index contributed by atoms with van der Waals surface area (Å²) < 4.78 is 9.42. The summed E-state index contributed by atoms with van der Waals surface area (Å²) in [5.74, 6) is -0.471. The number of nitrogens with zero attached hydrogens (tertiary/aromatic N) is 7. The highest BCUT2D eigenvalue weighted by molar-refractivity contribution is 7.22. The average Bonchev–Trinajstić information content (AvgIpc) is 3.98. The Balaban J connectivity index is 0.762. The number of thiazole rings is 1. The number of imide groups is 1. The number of aromatic carboxylic acids is 1. The van der Waals surface area contributed by atoms with Crippen LogP contribution < -0.4 is 25.2 Å². The number of nitrogens with one attached hydrogen (secondary N) is 2. The van der Waals surface area contributed by atoms with Crippen molar-refractivity contribution in [1.82, 2.24) is 30.0 Å². The molecule has 3 aromatic heterocycles. The minimum absolute atomic E-state index is 0.0393. The fourth-order valence-electron chi connectivity index (χ4n) is 10.9. The predicted octanol–water partition coefficient (Wildman–Crippen LogP) is 10.0. The minimum Gasteiger partial charge on any atom is -0.476 e. The molecule has 2 saturated heterocycles. The smallest absolute Gasteiger partial charge is 0.355 e. The monoisotopic (exact) mass is 1020 g/mol. The molecular formula is C59H59N9O6S. The van der Waals surface area contributed by atoms with Crippen LogP contribution in [0.1, 0.15) is 93.9 Å². The Labute approximate surface area is 439 Å². The van der Waals surface area contributed by atoms with E-state index in [9.17, 15) is 24.3 Å². The number of carbonyl (C=O) groups is 4. The molecule has 16 heteroatoms. The maximum Gasteiger partial charge on any atom is 0.355 e. The highest BCUT2D eigenvalue weighted by atomic mass is 32.1. The van der Waals surface area contributed by atoms with Crippen LogP contribution in [0.5, 0.6) is 11.5 Å². The van der Waals surface area contributed by atoms with Gasteiger partial charge in [-0.25, -0.2) is 14.8 Å². The Morgan fingerprint density at radius 1 is 0.867 bits per heavy atom. The number of pyridine rings is 1. The standard InChI is InChI=1S/C59H59N9O6S/c1-35-39(51-44(59(2,3)4)33-49(61-53(51)57(72)73)68-28-26-37-11-8-13-40(43(37)34-68)55(70)63-58-60-45-15-6-7-18-48(45)75-58)12-10-17-47(35)74-38-21-19-36(20-22-38)25-27-66-29-31-67(32-30-66)46-16-9-14-41-52(64-65(5)54(41)46)42-23-24-50(69)62-56(42)71/h6-22,33,42H,23-32,34H2,1-5H3,(H,72,73)(H,60,63,70)(H,62,69,71). The molecule has 11 rings (SSSR count). The van der Waals surface area contributed by atoms with E-state index in [1.54, 1.807) is 0 Å². The van der Waals surface area contributed by atoms with Crippen molar-refractivity contribution < 1.29 is 29.0 Å². The molecular weight excluding hydrogens is 963 g/mol. The van der Waals surface area contributed by atoms with Gasteiger partial charge in [-0.3, -0.25) is 34.6 Å². The van der Waals surface area contributed by atoms with Gasteiger partial charge in [-0.05, 0) is 114 Å². The Morgan fingerprint density at radius 2 is 1.64 bits per heavy atom. The summed E-state index contributed by atoms with van der Waals surface area (Å²) in [5, 5.41) is 22.7. The average molecular weight is 1020 g/mol. The van der Waals surface area contributed by atoms with Crippen LogP contribution in [0.2, 0.25) is 0 Å². The van der Waals surface area contributed by atoms with E-state index in [0.29, 0.717) is 65.9 Å². The third-order valence-corrected chi connectivity index (χ3v) is 15.9. The van der Waals surface area contributed by atoms with E-state index in [2.05, 4.69) is 75.4 Å². The van der Waals surface area contributed by atoms with Crippen molar-refractivity contribution in [2.24, 2.45) is 7.05 Å². The quantitative estimate of drug-likeness (QED) is 0.0990. The molecule has 0 bridgehead atoms. The van der Waals surface area contributed by atoms with Crippen LogP contribution >= 0.6 is 11.3 Å². The Morgan fingerprint density at radius 3 is 2.40 bits per heavy atom. The van der Waals surface area contributed by atoms with Crippen molar-refractivity contribution in [3.8, 4) is 22.6 Å². The van der Waals surface area contributed by atoms with Gasteiger partial charge in [-0.1, -0.05) is 92.8 Å². The van der Waals surface area contributed by atoms with Crippen LogP contribution in [0.3, 0.4) is 0 Å². The second kappa shape index (κ2) is 20.1. The van der Waals surface area contributed by atoms with Crippen molar-refractivity contribution in [2.75, 3.05) is 54.4 Å². The number of carboxylic acid groups (broad SMARTS) is 1. The van der Waals surface area contributed by atoms with Gasteiger partial charge in [0.2, 0.25) is 11.8 Å². The number of para-hydroxylation sites is 2. The molecule has 0 saturated carbocycles. The lowest BCUT2D eigenvalue weighted by Gasteiger charge is -2.36. The Kier molecular flexibility index (Phi) is 13.2. The maximum absolute atomic E-state index is 13.8. The number of hydrogen-bond donors (Lipinski definition) is 3. The first kappa shape index (κ1) is 49.3. The second-order valence-electron chi connectivity index (χ2n) is 20.8. The highest BCUT2D eigenvalue weighted by Crippen LogP contribution is 2.43. The summed E-state index contributed by atoms with van der Waals surface area (Å²) in [6.07, 6.45) is 2.32. The fraction of sp³-hybridized carbons (Fsp3) is 0.305. The number of ether oxygens (including phenoxy) is 1. The van der Waals surface area contributed by atoms with E-state index in [1.165, 1.54) is 16.9 Å². The highest BCUT2D eigenvalue weighted by Gasteiger charge is 2.34. The lowest BCUT2D eigenvalue weighted by Crippen LogP contribution is -2.47. The number of aryl methyl sites for hydroxylation is 1. The second-order valence-corrected chi connectivity index (χ2v) is 21.8. The van der Waals surface area contributed by atoms with E-state index in [-0.39, 0.29) is 23.4 Å². The first-order valence-corrected chi connectivity index (χ1v) is 26.4. The molecule has 1 atom stereocenters. The van der Waals surface area contributed by atoms with E-state index in [4.69, 9.17) is 14.8 Å². The molecule has 3 aliphatic rings. The molecule has 382 valence electrons. The van der Waals surface area contributed by atoms with Crippen molar-refractivity contribution in [2.45, 2.75) is 71.3 Å². The van der Waals surface area contributed by atoms with Crippen molar-refractivity contribution in [3.05, 3.63) is 154 Å². The molecule has 3 N–H and O–H groups in total. The SMILES string of the molecule is Cc1c(Oc2ccc(CCN3CCN(c4cccc5c(C6CCC(=O)NC6=O)nn(C)c45)CC3)cc2)cccc1-c1c(C(C)(C)C)cc(N2CCc3cccc(C(=O)Nc4nc5ccccc5s4)c3C2)nc1C(=O)O. The number of piperidine rings is 1. The molecule has 0 aliphatic carbocycles. The number of anilines is 3. The molecule has 75 heavy (non-hydrogen) atoms. The first-order chi connectivity index (χ1) is 36.2. The van der Waals surface area contributed by atoms with Crippen LogP contribution in [-0.2, 0) is 41.4 Å². The molecule has 8 aromatic rings. The van der Waals surface area contributed by atoms with E-state index >= 15 is 0 Å². The zero-order chi connectivity index (χ0) is 52.1. The van der Waals surface area contributed by atoms with Gasteiger partial charge in [0, 0.05) is 75.8 Å². The largest absolute Gasteiger partial charge is 0.476 e. The molecule has 2 fully saturated rings. The van der Waals surface area contributed by atoms with Gasteiger partial charge in [0.25, 0.3) is 5.91 Å². The fourth-order valence-corrected chi connectivity index (χ4v) is 11.8. The zero-order valence-corrected chi connectivity index (χ0v) is 43.6. The van der Waals surface area contributed by atoms with Gasteiger partial charge in [-0.2, -0.15) is 5.10 Å². The van der Waals surface area contributed by atoms with Gasteiger partial charge < -0.3 is 19.6 Å². The maximum atomic E-state index is 13.8. The van der Waals surface area contributed by atoms with Crippen LogP contribution in [0, 0.1) is 6.92 Å². The van der Waals surface area contributed by atoms with Gasteiger partial charge in [-0.15, -0.1) is 0 Å². The van der Waals surface area contributed by atoms with Crippen LogP contribution in [-0.4, -0.2) is 92.7 Å². The Bertz CT molecular complexity index is 3520. The van der Waals surface area contributed by atoms with Crippen LogP contribution in [0.25, 0.3) is 32.2 Å². The molecule has 1 unspecified atom stereocenters. The van der Waals surface area contributed by atoms with E-state index < -0.39 is 17.3 Å². The summed E-state index contributed by atoms with van der Waals surface area (Å²) in [6, 6.07) is 35.7. The van der Waals surface area contributed by atoms with Crippen LogP contribution in [0.4, 0.5) is 16.6 Å². The number of aromatic nitrogens is 4. The van der Waals surface area contributed by atoms with E-state index in [0.717, 1.165) is 99.5 Å². The third kappa shape index (κ3) is 9.83.